The van der Waals surface area contributed by atoms with Gasteiger partial charge in [-0.05, 0) is 12.5 Å². The molecule has 0 aliphatic carbocycles. The van der Waals surface area contributed by atoms with E-state index in [9.17, 15) is 4.79 Å². The van der Waals surface area contributed by atoms with Crippen LogP contribution < -0.4 is 0 Å². The summed E-state index contributed by atoms with van der Waals surface area (Å²) in [5, 5.41) is 0.609. The SMILES string of the molecule is C[C@@](CBr)(C(=O)c1ccccc1)c1ccccc1. The van der Waals surface area contributed by atoms with Gasteiger partial charge in [0.05, 0.1) is 5.41 Å². The van der Waals surface area contributed by atoms with Crippen LogP contribution in [0.15, 0.2) is 60.7 Å². The molecule has 0 amide bonds. The van der Waals surface area contributed by atoms with Crippen molar-refractivity contribution < 1.29 is 4.79 Å². The molecule has 1 nitrogen and oxygen atoms in total. The monoisotopic (exact) mass is 302 g/mol. The molecule has 92 valence electrons. The van der Waals surface area contributed by atoms with E-state index in [4.69, 9.17) is 0 Å². The van der Waals surface area contributed by atoms with Crippen molar-refractivity contribution in [3.05, 3.63) is 71.8 Å². The van der Waals surface area contributed by atoms with Crippen LogP contribution in [-0.4, -0.2) is 11.1 Å². The number of carbonyl (C=O) groups excluding carboxylic acids is 1. The second kappa shape index (κ2) is 5.49. The summed E-state index contributed by atoms with van der Waals surface area (Å²) in [5.41, 5.74) is 1.27. The largest absolute Gasteiger partial charge is 0.293 e. The lowest BCUT2D eigenvalue weighted by Gasteiger charge is -2.26. The number of benzene rings is 2. The summed E-state index contributed by atoms with van der Waals surface area (Å²) in [6, 6.07) is 19.3. The van der Waals surface area contributed by atoms with E-state index in [-0.39, 0.29) is 5.78 Å². The number of ketones is 1. The summed E-state index contributed by atoms with van der Waals surface area (Å²) >= 11 is 3.49. The lowest BCUT2D eigenvalue weighted by atomic mass is 9.78. The maximum absolute atomic E-state index is 12.7. The molecule has 0 bridgehead atoms. The zero-order valence-corrected chi connectivity index (χ0v) is 11.9. The molecule has 2 heteroatoms. The lowest BCUT2D eigenvalue weighted by molar-refractivity contribution is 0.0913. The molecular formula is C16H15BrO. The highest BCUT2D eigenvalue weighted by Gasteiger charge is 2.34. The zero-order chi connectivity index (χ0) is 13.0. The van der Waals surface area contributed by atoms with Crippen LogP contribution >= 0.6 is 15.9 Å². The van der Waals surface area contributed by atoms with Gasteiger partial charge in [0.1, 0.15) is 0 Å². The highest BCUT2D eigenvalue weighted by atomic mass is 79.9. The Hall–Kier alpha value is -1.41. The van der Waals surface area contributed by atoms with E-state index in [1.165, 1.54) is 0 Å². The zero-order valence-electron chi connectivity index (χ0n) is 10.3. The first-order chi connectivity index (χ1) is 8.68. The van der Waals surface area contributed by atoms with Crippen LogP contribution in [0.5, 0.6) is 0 Å². The molecule has 0 aliphatic heterocycles. The van der Waals surface area contributed by atoms with Gasteiger partial charge in [-0.3, -0.25) is 4.79 Å². The summed E-state index contributed by atoms with van der Waals surface area (Å²) in [4.78, 5) is 12.7. The molecule has 0 radical (unpaired) electrons. The van der Waals surface area contributed by atoms with Crippen molar-refractivity contribution >= 4 is 21.7 Å². The van der Waals surface area contributed by atoms with E-state index in [2.05, 4.69) is 15.9 Å². The Kier molecular flexibility index (Phi) is 3.97. The third-order valence-corrected chi connectivity index (χ3v) is 4.34. The third kappa shape index (κ3) is 2.39. The number of carbonyl (C=O) groups is 1. The Morgan fingerprint density at radius 1 is 1.00 bits per heavy atom. The van der Waals surface area contributed by atoms with Crippen molar-refractivity contribution in [2.24, 2.45) is 0 Å². The summed E-state index contributed by atoms with van der Waals surface area (Å²) in [5.74, 6) is 0.145. The summed E-state index contributed by atoms with van der Waals surface area (Å²) < 4.78 is 0. The van der Waals surface area contributed by atoms with Crippen LogP contribution in [-0.2, 0) is 5.41 Å². The summed E-state index contributed by atoms with van der Waals surface area (Å²) in [6.07, 6.45) is 0. The Bertz CT molecular complexity index is 521. The molecule has 0 saturated carbocycles. The lowest BCUT2D eigenvalue weighted by Crippen LogP contribution is -2.34. The standard InChI is InChI=1S/C16H15BrO/c1-16(12-17,14-10-6-3-7-11-14)15(18)13-8-4-2-5-9-13/h2-11H,12H2,1H3/t16-/m0/s1. The van der Waals surface area contributed by atoms with Crippen molar-refractivity contribution in [3.8, 4) is 0 Å². The van der Waals surface area contributed by atoms with Gasteiger partial charge in [-0.15, -0.1) is 0 Å². The summed E-state index contributed by atoms with van der Waals surface area (Å²) in [7, 11) is 0. The molecule has 2 rings (SSSR count). The van der Waals surface area contributed by atoms with Crippen molar-refractivity contribution in [1.29, 1.82) is 0 Å². The molecule has 0 spiro atoms. The molecule has 0 aromatic heterocycles. The Labute approximate surface area is 116 Å². The van der Waals surface area contributed by atoms with E-state index in [1.54, 1.807) is 0 Å². The first kappa shape index (κ1) is 13.0. The number of halogens is 1. The average Bonchev–Trinajstić information content (AvgIpc) is 2.47. The van der Waals surface area contributed by atoms with Crippen LogP contribution in [0.25, 0.3) is 0 Å². The number of hydrogen-bond acceptors (Lipinski definition) is 1. The topological polar surface area (TPSA) is 17.1 Å². The number of hydrogen-bond donors (Lipinski definition) is 0. The van der Waals surface area contributed by atoms with Crippen molar-refractivity contribution in [2.75, 3.05) is 5.33 Å². The first-order valence-corrected chi connectivity index (χ1v) is 7.02. The van der Waals surface area contributed by atoms with E-state index >= 15 is 0 Å². The Morgan fingerprint density at radius 2 is 1.50 bits per heavy atom. The fourth-order valence-electron chi connectivity index (χ4n) is 1.98. The minimum Gasteiger partial charge on any atom is -0.293 e. The highest BCUT2D eigenvalue weighted by molar-refractivity contribution is 9.09. The van der Waals surface area contributed by atoms with Crippen LogP contribution in [0.1, 0.15) is 22.8 Å². The molecule has 0 unspecified atom stereocenters. The summed E-state index contributed by atoms with van der Waals surface area (Å²) in [6.45, 7) is 1.98. The molecule has 0 aliphatic rings. The predicted octanol–water partition coefficient (Wildman–Crippen LogP) is 4.22. The number of rotatable bonds is 4. The minimum atomic E-state index is -0.525. The number of alkyl halides is 1. The third-order valence-electron chi connectivity index (χ3n) is 3.22. The maximum atomic E-state index is 12.7. The van der Waals surface area contributed by atoms with Gasteiger partial charge < -0.3 is 0 Å². The molecule has 1 atom stereocenters. The average molecular weight is 303 g/mol. The molecule has 2 aromatic rings. The van der Waals surface area contributed by atoms with Gasteiger partial charge in [0.15, 0.2) is 5.78 Å². The predicted molar refractivity (Wildman–Crippen MR) is 78.4 cm³/mol. The van der Waals surface area contributed by atoms with Crippen LogP contribution in [0, 0.1) is 0 Å². The highest BCUT2D eigenvalue weighted by Crippen LogP contribution is 2.30. The quantitative estimate of drug-likeness (QED) is 0.610. The molecule has 0 N–H and O–H groups in total. The van der Waals surface area contributed by atoms with Crippen molar-refractivity contribution in [2.45, 2.75) is 12.3 Å². The van der Waals surface area contributed by atoms with Gasteiger partial charge in [-0.2, -0.15) is 0 Å². The van der Waals surface area contributed by atoms with Crippen LogP contribution in [0.3, 0.4) is 0 Å². The Morgan fingerprint density at radius 3 is 2.00 bits per heavy atom. The van der Waals surface area contributed by atoms with Crippen LogP contribution in [0.4, 0.5) is 0 Å². The Balaban J connectivity index is 2.43. The van der Waals surface area contributed by atoms with E-state index in [0.717, 1.165) is 11.1 Å². The minimum absolute atomic E-state index is 0.145. The van der Waals surface area contributed by atoms with E-state index in [1.807, 2.05) is 67.6 Å². The molecule has 18 heavy (non-hydrogen) atoms. The van der Waals surface area contributed by atoms with Gasteiger partial charge in [-0.25, -0.2) is 0 Å². The van der Waals surface area contributed by atoms with Crippen molar-refractivity contribution in [3.63, 3.8) is 0 Å². The molecule has 2 aromatic carbocycles. The van der Waals surface area contributed by atoms with Gasteiger partial charge in [0.2, 0.25) is 0 Å². The smallest absolute Gasteiger partial charge is 0.173 e. The van der Waals surface area contributed by atoms with Gasteiger partial charge in [-0.1, -0.05) is 76.6 Å². The second-order valence-electron chi connectivity index (χ2n) is 4.53. The number of Topliss-reactive ketones (excluding diaryl/α,β-unsaturated/α-hetero) is 1. The maximum Gasteiger partial charge on any atom is 0.173 e. The van der Waals surface area contributed by atoms with Gasteiger partial charge in [0.25, 0.3) is 0 Å². The molecular weight excluding hydrogens is 288 g/mol. The fraction of sp³-hybridized carbons (Fsp3) is 0.188. The molecule has 0 saturated heterocycles. The van der Waals surface area contributed by atoms with Gasteiger partial charge >= 0.3 is 0 Å². The first-order valence-electron chi connectivity index (χ1n) is 5.90. The fourth-order valence-corrected chi connectivity index (χ4v) is 2.56. The van der Waals surface area contributed by atoms with E-state index < -0.39 is 5.41 Å². The molecule has 0 fully saturated rings. The molecule has 0 heterocycles. The van der Waals surface area contributed by atoms with Crippen LogP contribution in [0.2, 0.25) is 0 Å². The van der Waals surface area contributed by atoms with E-state index in [0.29, 0.717) is 5.33 Å². The van der Waals surface area contributed by atoms with Gasteiger partial charge in [0, 0.05) is 10.9 Å². The van der Waals surface area contributed by atoms with Crippen molar-refractivity contribution in [1.82, 2.24) is 0 Å². The second-order valence-corrected chi connectivity index (χ2v) is 5.09. The normalized spacial score (nSPS) is 13.9.